The highest BCUT2D eigenvalue weighted by Crippen LogP contribution is 2.00. The van der Waals surface area contributed by atoms with Gasteiger partial charge in [-0.15, -0.1) is 6.42 Å². The summed E-state index contributed by atoms with van der Waals surface area (Å²) in [5.41, 5.74) is 0.581. The summed E-state index contributed by atoms with van der Waals surface area (Å²) in [5, 5.41) is 0. The van der Waals surface area contributed by atoms with Gasteiger partial charge >= 0.3 is 0 Å². The molecule has 13 heavy (non-hydrogen) atoms. The highest BCUT2D eigenvalue weighted by molar-refractivity contribution is 5.92. The lowest BCUT2D eigenvalue weighted by atomic mass is 10.3. The lowest BCUT2D eigenvalue weighted by Gasteiger charge is -2.16. The van der Waals surface area contributed by atoms with Crippen molar-refractivity contribution in [2.45, 2.75) is 6.92 Å². The number of rotatable bonds is 3. The first-order valence-corrected chi connectivity index (χ1v) is 4.15. The SMILES string of the molecule is C#CCN(CC)C(=O)c1ccc[nH]1. The van der Waals surface area contributed by atoms with E-state index in [0.29, 0.717) is 18.8 Å². The normalized spacial score (nSPS) is 9.23. The molecule has 1 rings (SSSR count). The third-order valence-corrected chi connectivity index (χ3v) is 1.78. The third kappa shape index (κ3) is 2.12. The molecule has 0 saturated heterocycles. The van der Waals surface area contributed by atoms with E-state index in [1.807, 2.05) is 6.92 Å². The molecule has 0 bridgehead atoms. The van der Waals surface area contributed by atoms with Gasteiger partial charge in [-0.1, -0.05) is 5.92 Å². The average Bonchev–Trinajstić information content (AvgIpc) is 2.65. The van der Waals surface area contributed by atoms with Crippen LogP contribution in [0.5, 0.6) is 0 Å². The molecule has 68 valence electrons. The Hall–Kier alpha value is -1.69. The van der Waals surface area contributed by atoms with Crippen molar-refractivity contribution in [3.8, 4) is 12.3 Å². The Morgan fingerprint density at radius 2 is 2.54 bits per heavy atom. The minimum atomic E-state index is -0.0505. The van der Waals surface area contributed by atoms with E-state index in [9.17, 15) is 4.79 Å². The highest BCUT2D eigenvalue weighted by atomic mass is 16.2. The zero-order valence-corrected chi connectivity index (χ0v) is 7.58. The fourth-order valence-electron chi connectivity index (χ4n) is 1.07. The number of carbonyl (C=O) groups excluding carboxylic acids is 1. The van der Waals surface area contributed by atoms with E-state index in [4.69, 9.17) is 6.42 Å². The van der Waals surface area contributed by atoms with Crippen molar-refractivity contribution in [1.82, 2.24) is 9.88 Å². The van der Waals surface area contributed by atoms with E-state index in [1.165, 1.54) is 0 Å². The number of terminal acetylenes is 1. The minimum Gasteiger partial charge on any atom is -0.357 e. The zero-order valence-electron chi connectivity index (χ0n) is 7.58. The first kappa shape index (κ1) is 9.40. The molecule has 0 fully saturated rings. The number of nitrogens with zero attached hydrogens (tertiary/aromatic N) is 1. The second kappa shape index (κ2) is 4.36. The van der Waals surface area contributed by atoms with Gasteiger partial charge in [0.25, 0.3) is 5.91 Å². The van der Waals surface area contributed by atoms with Crippen LogP contribution in [0.1, 0.15) is 17.4 Å². The van der Waals surface area contributed by atoms with Crippen LogP contribution >= 0.6 is 0 Å². The van der Waals surface area contributed by atoms with Crippen molar-refractivity contribution < 1.29 is 4.79 Å². The smallest absolute Gasteiger partial charge is 0.271 e. The molecule has 3 heteroatoms. The molecule has 0 aliphatic rings. The number of hydrogen-bond donors (Lipinski definition) is 1. The molecule has 3 nitrogen and oxygen atoms in total. The van der Waals surface area contributed by atoms with Gasteiger partial charge < -0.3 is 9.88 Å². The van der Waals surface area contributed by atoms with Crippen molar-refractivity contribution in [3.05, 3.63) is 24.0 Å². The van der Waals surface area contributed by atoms with Crippen LogP contribution in [-0.4, -0.2) is 28.9 Å². The van der Waals surface area contributed by atoms with Gasteiger partial charge in [0.15, 0.2) is 0 Å². The molecular weight excluding hydrogens is 164 g/mol. The Morgan fingerprint density at radius 3 is 3.00 bits per heavy atom. The molecule has 1 heterocycles. The molecular formula is C10H12N2O. The number of amides is 1. The Bertz CT molecular complexity index is 308. The maximum atomic E-state index is 11.6. The van der Waals surface area contributed by atoms with Crippen LogP contribution in [0, 0.1) is 12.3 Å². The number of carbonyl (C=O) groups is 1. The highest BCUT2D eigenvalue weighted by Gasteiger charge is 2.12. The van der Waals surface area contributed by atoms with Crippen molar-refractivity contribution >= 4 is 5.91 Å². The van der Waals surface area contributed by atoms with Gasteiger partial charge in [0.1, 0.15) is 5.69 Å². The minimum absolute atomic E-state index is 0.0505. The van der Waals surface area contributed by atoms with Gasteiger partial charge in [0, 0.05) is 12.7 Å². The van der Waals surface area contributed by atoms with Crippen LogP contribution in [0.2, 0.25) is 0 Å². The van der Waals surface area contributed by atoms with Crippen LogP contribution in [0.25, 0.3) is 0 Å². The second-order valence-corrected chi connectivity index (χ2v) is 2.61. The predicted octanol–water partition coefficient (Wildman–Crippen LogP) is 1.11. The molecule has 0 aliphatic heterocycles. The number of hydrogen-bond acceptors (Lipinski definition) is 1. The molecule has 0 aliphatic carbocycles. The first-order chi connectivity index (χ1) is 6.29. The molecule has 1 aromatic rings. The fourth-order valence-corrected chi connectivity index (χ4v) is 1.07. The van der Waals surface area contributed by atoms with Gasteiger partial charge in [-0.25, -0.2) is 0 Å². The summed E-state index contributed by atoms with van der Waals surface area (Å²) in [6.07, 6.45) is 6.86. The standard InChI is InChI=1S/C10H12N2O/c1-3-8-12(4-2)10(13)9-6-5-7-11-9/h1,5-7,11H,4,8H2,2H3. The third-order valence-electron chi connectivity index (χ3n) is 1.78. The van der Waals surface area contributed by atoms with Gasteiger partial charge in [0.05, 0.1) is 6.54 Å². The van der Waals surface area contributed by atoms with Crippen molar-refractivity contribution in [2.75, 3.05) is 13.1 Å². The van der Waals surface area contributed by atoms with Crippen LogP contribution in [0.4, 0.5) is 0 Å². The summed E-state index contributed by atoms with van der Waals surface area (Å²) in [4.78, 5) is 16.1. The molecule has 0 aromatic carbocycles. The predicted molar refractivity (Wildman–Crippen MR) is 51.2 cm³/mol. The number of nitrogens with one attached hydrogen (secondary N) is 1. The van der Waals surface area contributed by atoms with E-state index in [1.54, 1.807) is 23.2 Å². The monoisotopic (exact) mass is 176 g/mol. The molecule has 1 N–H and O–H groups in total. The fraction of sp³-hybridized carbons (Fsp3) is 0.300. The van der Waals surface area contributed by atoms with Crippen molar-refractivity contribution in [2.24, 2.45) is 0 Å². The van der Waals surface area contributed by atoms with E-state index < -0.39 is 0 Å². The summed E-state index contributed by atoms with van der Waals surface area (Å²) in [5.74, 6) is 2.40. The van der Waals surface area contributed by atoms with Crippen LogP contribution in [-0.2, 0) is 0 Å². The zero-order chi connectivity index (χ0) is 9.68. The Labute approximate surface area is 77.8 Å². The lowest BCUT2D eigenvalue weighted by molar-refractivity contribution is 0.0780. The summed E-state index contributed by atoms with van der Waals surface area (Å²) >= 11 is 0. The average molecular weight is 176 g/mol. The molecule has 1 aromatic heterocycles. The van der Waals surface area contributed by atoms with Gasteiger partial charge in [0.2, 0.25) is 0 Å². The molecule has 1 amide bonds. The van der Waals surface area contributed by atoms with Crippen LogP contribution in [0.3, 0.4) is 0 Å². The quantitative estimate of drug-likeness (QED) is 0.688. The Morgan fingerprint density at radius 1 is 1.77 bits per heavy atom. The first-order valence-electron chi connectivity index (χ1n) is 4.15. The maximum Gasteiger partial charge on any atom is 0.271 e. The Balaban J connectivity index is 2.72. The van der Waals surface area contributed by atoms with Gasteiger partial charge in [-0.05, 0) is 19.1 Å². The van der Waals surface area contributed by atoms with Crippen molar-refractivity contribution in [3.63, 3.8) is 0 Å². The Kier molecular flexibility index (Phi) is 3.15. The number of aromatic amines is 1. The lowest BCUT2D eigenvalue weighted by Crippen LogP contribution is -2.31. The summed E-state index contributed by atoms with van der Waals surface area (Å²) < 4.78 is 0. The van der Waals surface area contributed by atoms with Gasteiger partial charge in [-0.3, -0.25) is 4.79 Å². The summed E-state index contributed by atoms with van der Waals surface area (Å²) in [6, 6.07) is 3.53. The topological polar surface area (TPSA) is 36.1 Å². The van der Waals surface area contributed by atoms with Crippen LogP contribution < -0.4 is 0 Å². The maximum absolute atomic E-state index is 11.6. The van der Waals surface area contributed by atoms with Crippen LogP contribution in [0.15, 0.2) is 18.3 Å². The van der Waals surface area contributed by atoms with E-state index >= 15 is 0 Å². The molecule has 0 spiro atoms. The molecule has 0 unspecified atom stereocenters. The summed E-state index contributed by atoms with van der Waals surface area (Å²) in [7, 11) is 0. The van der Waals surface area contributed by atoms with Crippen molar-refractivity contribution in [1.29, 1.82) is 0 Å². The number of aromatic nitrogens is 1. The van der Waals surface area contributed by atoms with E-state index in [-0.39, 0.29) is 5.91 Å². The second-order valence-electron chi connectivity index (χ2n) is 2.61. The largest absolute Gasteiger partial charge is 0.357 e. The van der Waals surface area contributed by atoms with E-state index in [0.717, 1.165) is 0 Å². The number of H-pyrrole nitrogens is 1. The molecule has 0 saturated carbocycles. The van der Waals surface area contributed by atoms with E-state index in [2.05, 4.69) is 10.9 Å². The summed E-state index contributed by atoms with van der Waals surface area (Å²) in [6.45, 7) is 2.88. The molecule has 0 atom stereocenters. The molecule has 0 radical (unpaired) electrons. The van der Waals surface area contributed by atoms with Gasteiger partial charge in [-0.2, -0.15) is 0 Å².